The molecule has 4 rings (SSSR count). The standard InChI is InChI=1S/C22H25N3O4S/c1-23-30(27,28)18-9-6-16(7-10-18)8-11-21(26)25-14-12-17(13-15-25)22-24-19-4-2-3-5-20(19)29-22/h2-7,9-10,17,23H,8,11-15H2,1H3. The molecule has 1 aliphatic rings. The van der Waals surface area contributed by atoms with Crippen LogP contribution in [0.4, 0.5) is 0 Å². The molecule has 8 heteroatoms. The maximum absolute atomic E-state index is 12.6. The third-order valence-electron chi connectivity index (χ3n) is 5.64. The van der Waals surface area contributed by atoms with Crippen LogP contribution >= 0.6 is 0 Å². The topological polar surface area (TPSA) is 92.5 Å². The first-order valence-electron chi connectivity index (χ1n) is 10.1. The van der Waals surface area contributed by atoms with Gasteiger partial charge in [0, 0.05) is 25.4 Å². The predicted molar refractivity (Wildman–Crippen MR) is 114 cm³/mol. The van der Waals surface area contributed by atoms with Crippen LogP contribution in [0, 0.1) is 0 Å². The number of aromatic nitrogens is 1. The highest BCUT2D eigenvalue weighted by Crippen LogP contribution is 2.30. The van der Waals surface area contributed by atoms with E-state index in [0.717, 1.165) is 35.4 Å². The smallest absolute Gasteiger partial charge is 0.240 e. The van der Waals surface area contributed by atoms with E-state index < -0.39 is 10.0 Å². The van der Waals surface area contributed by atoms with Crippen molar-refractivity contribution >= 4 is 27.0 Å². The van der Waals surface area contributed by atoms with E-state index in [2.05, 4.69) is 9.71 Å². The minimum atomic E-state index is -3.44. The lowest BCUT2D eigenvalue weighted by molar-refractivity contribution is -0.132. The van der Waals surface area contributed by atoms with Gasteiger partial charge in [-0.3, -0.25) is 4.79 Å². The molecule has 0 saturated carbocycles. The Balaban J connectivity index is 1.29. The first-order valence-corrected chi connectivity index (χ1v) is 11.6. The SMILES string of the molecule is CNS(=O)(=O)c1ccc(CCC(=O)N2CCC(c3nc4ccccc4o3)CC2)cc1. The van der Waals surface area contributed by atoms with Crippen LogP contribution in [0.1, 0.15) is 36.6 Å². The lowest BCUT2D eigenvalue weighted by Crippen LogP contribution is -2.38. The Labute approximate surface area is 176 Å². The van der Waals surface area contributed by atoms with Crippen molar-refractivity contribution in [3.8, 4) is 0 Å². The number of para-hydroxylation sites is 2. The summed E-state index contributed by atoms with van der Waals surface area (Å²) in [6.45, 7) is 1.39. The molecular formula is C22H25N3O4S. The molecule has 0 bridgehead atoms. The average molecular weight is 428 g/mol. The molecule has 1 aromatic heterocycles. The molecule has 1 N–H and O–H groups in total. The molecule has 0 aliphatic carbocycles. The van der Waals surface area contributed by atoms with Gasteiger partial charge in [0.05, 0.1) is 4.90 Å². The van der Waals surface area contributed by atoms with Crippen molar-refractivity contribution in [2.24, 2.45) is 0 Å². The summed E-state index contributed by atoms with van der Waals surface area (Å²) in [6, 6.07) is 14.4. The van der Waals surface area contributed by atoms with E-state index >= 15 is 0 Å². The molecular weight excluding hydrogens is 402 g/mol. The van der Waals surface area contributed by atoms with Gasteiger partial charge in [-0.2, -0.15) is 0 Å². The number of hydrogen-bond acceptors (Lipinski definition) is 5. The Bertz CT molecular complexity index is 1100. The van der Waals surface area contributed by atoms with Crippen LogP contribution < -0.4 is 4.72 Å². The van der Waals surface area contributed by atoms with Gasteiger partial charge >= 0.3 is 0 Å². The van der Waals surface area contributed by atoms with Crippen molar-refractivity contribution in [1.29, 1.82) is 0 Å². The number of amides is 1. The number of carbonyl (C=O) groups excluding carboxylic acids is 1. The molecule has 0 spiro atoms. The number of hydrogen-bond donors (Lipinski definition) is 1. The molecule has 2 heterocycles. The van der Waals surface area contributed by atoms with E-state index in [9.17, 15) is 13.2 Å². The molecule has 0 radical (unpaired) electrons. The van der Waals surface area contributed by atoms with Gasteiger partial charge in [0.15, 0.2) is 11.5 Å². The normalized spacial score (nSPS) is 15.6. The second kappa shape index (κ2) is 8.57. The van der Waals surface area contributed by atoms with Gasteiger partial charge in [-0.05, 0) is 56.1 Å². The lowest BCUT2D eigenvalue weighted by Gasteiger charge is -2.30. The molecule has 1 saturated heterocycles. The van der Waals surface area contributed by atoms with Crippen LogP contribution in [0.5, 0.6) is 0 Å². The fourth-order valence-corrected chi connectivity index (χ4v) is 4.53. The zero-order chi connectivity index (χ0) is 21.1. The number of aryl methyl sites for hydroxylation is 1. The monoisotopic (exact) mass is 427 g/mol. The number of nitrogens with zero attached hydrogens (tertiary/aromatic N) is 2. The van der Waals surface area contributed by atoms with Crippen LogP contribution in [-0.2, 0) is 21.2 Å². The second-order valence-electron chi connectivity index (χ2n) is 7.53. The highest BCUT2D eigenvalue weighted by molar-refractivity contribution is 7.89. The van der Waals surface area contributed by atoms with Gasteiger partial charge in [0.1, 0.15) is 5.52 Å². The zero-order valence-corrected chi connectivity index (χ0v) is 17.7. The van der Waals surface area contributed by atoms with Crippen molar-refractivity contribution in [3.63, 3.8) is 0 Å². The number of rotatable bonds is 6. The molecule has 0 atom stereocenters. The molecule has 1 amide bonds. The second-order valence-corrected chi connectivity index (χ2v) is 9.41. The van der Waals surface area contributed by atoms with E-state index in [1.54, 1.807) is 24.3 Å². The maximum atomic E-state index is 12.6. The van der Waals surface area contributed by atoms with E-state index in [0.29, 0.717) is 25.9 Å². The molecule has 30 heavy (non-hydrogen) atoms. The summed E-state index contributed by atoms with van der Waals surface area (Å²) in [4.78, 5) is 19.3. The molecule has 3 aromatic rings. The number of likely N-dealkylation sites (tertiary alicyclic amines) is 1. The molecule has 2 aromatic carbocycles. The van der Waals surface area contributed by atoms with Gasteiger partial charge < -0.3 is 9.32 Å². The van der Waals surface area contributed by atoms with Gasteiger partial charge in [0.2, 0.25) is 15.9 Å². The maximum Gasteiger partial charge on any atom is 0.240 e. The van der Waals surface area contributed by atoms with Crippen LogP contribution in [0.25, 0.3) is 11.1 Å². The summed E-state index contributed by atoms with van der Waals surface area (Å²) in [7, 11) is -2.05. The Morgan fingerprint density at radius 2 is 1.83 bits per heavy atom. The largest absolute Gasteiger partial charge is 0.440 e. The van der Waals surface area contributed by atoms with Crippen molar-refractivity contribution < 1.29 is 17.6 Å². The molecule has 7 nitrogen and oxygen atoms in total. The van der Waals surface area contributed by atoms with Gasteiger partial charge in [-0.1, -0.05) is 24.3 Å². The summed E-state index contributed by atoms with van der Waals surface area (Å²) in [5.41, 5.74) is 2.62. The van der Waals surface area contributed by atoms with E-state index in [-0.39, 0.29) is 16.7 Å². The Morgan fingerprint density at radius 3 is 2.50 bits per heavy atom. The minimum Gasteiger partial charge on any atom is -0.440 e. The third-order valence-corrected chi connectivity index (χ3v) is 7.07. The van der Waals surface area contributed by atoms with Crippen LogP contribution in [0.15, 0.2) is 57.8 Å². The number of piperidine rings is 1. The third kappa shape index (κ3) is 4.39. The zero-order valence-electron chi connectivity index (χ0n) is 16.9. The number of nitrogens with one attached hydrogen (secondary N) is 1. The first-order chi connectivity index (χ1) is 14.5. The fraction of sp³-hybridized carbons (Fsp3) is 0.364. The van der Waals surface area contributed by atoms with Gasteiger partial charge in [0.25, 0.3) is 0 Å². The number of carbonyl (C=O) groups is 1. The van der Waals surface area contributed by atoms with E-state index in [4.69, 9.17) is 4.42 Å². The van der Waals surface area contributed by atoms with Crippen molar-refractivity contribution in [3.05, 3.63) is 60.0 Å². The molecule has 1 aliphatic heterocycles. The van der Waals surface area contributed by atoms with Crippen LogP contribution in [-0.4, -0.2) is 44.3 Å². The highest BCUT2D eigenvalue weighted by atomic mass is 32.2. The summed E-state index contributed by atoms with van der Waals surface area (Å²) in [5, 5.41) is 0. The van der Waals surface area contributed by atoms with Crippen molar-refractivity contribution in [2.45, 2.75) is 36.5 Å². The van der Waals surface area contributed by atoms with Gasteiger partial charge in [-0.25, -0.2) is 18.1 Å². The minimum absolute atomic E-state index is 0.123. The lowest BCUT2D eigenvalue weighted by atomic mass is 9.96. The van der Waals surface area contributed by atoms with Crippen molar-refractivity contribution in [2.75, 3.05) is 20.1 Å². The van der Waals surface area contributed by atoms with Gasteiger partial charge in [-0.15, -0.1) is 0 Å². The fourth-order valence-electron chi connectivity index (χ4n) is 3.80. The number of sulfonamides is 1. The predicted octanol–water partition coefficient (Wildman–Crippen LogP) is 3.07. The number of oxazole rings is 1. The summed E-state index contributed by atoms with van der Waals surface area (Å²) in [6.07, 6.45) is 2.68. The summed E-state index contributed by atoms with van der Waals surface area (Å²) < 4.78 is 31.7. The Morgan fingerprint density at radius 1 is 1.13 bits per heavy atom. The Kier molecular flexibility index (Phi) is 5.87. The van der Waals surface area contributed by atoms with Crippen LogP contribution in [0.2, 0.25) is 0 Å². The molecule has 1 fully saturated rings. The number of benzene rings is 2. The Hall–Kier alpha value is -2.71. The van der Waals surface area contributed by atoms with E-state index in [1.807, 2.05) is 29.2 Å². The summed E-state index contributed by atoms with van der Waals surface area (Å²) >= 11 is 0. The summed E-state index contributed by atoms with van der Waals surface area (Å²) in [5.74, 6) is 1.13. The van der Waals surface area contributed by atoms with Crippen molar-refractivity contribution in [1.82, 2.24) is 14.6 Å². The molecule has 0 unspecified atom stereocenters. The average Bonchev–Trinajstić information content (AvgIpc) is 3.22. The highest BCUT2D eigenvalue weighted by Gasteiger charge is 2.26. The quantitative estimate of drug-likeness (QED) is 0.653. The first kappa shape index (κ1) is 20.6. The molecule has 158 valence electrons. The number of fused-ring (bicyclic) bond motifs is 1. The van der Waals surface area contributed by atoms with E-state index in [1.165, 1.54) is 7.05 Å². The van der Waals surface area contributed by atoms with Crippen LogP contribution in [0.3, 0.4) is 0 Å².